The molecular formula is C24H34N2. The molecule has 0 bridgehead atoms. The molecule has 0 saturated heterocycles. The Morgan fingerprint density at radius 2 is 1.12 bits per heavy atom. The molecule has 2 heteroatoms. The number of nitrogens with zero attached hydrogens (tertiary/aromatic N) is 1. The Bertz CT molecular complexity index is 746. The zero-order valence-electron chi connectivity index (χ0n) is 17.4. The Morgan fingerprint density at radius 3 is 1.46 bits per heavy atom. The van der Waals surface area contributed by atoms with E-state index in [1.54, 1.807) is 0 Å². The van der Waals surface area contributed by atoms with Gasteiger partial charge in [-0.2, -0.15) is 0 Å². The van der Waals surface area contributed by atoms with Gasteiger partial charge in [-0.05, 0) is 79.3 Å². The van der Waals surface area contributed by atoms with Gasteiger partial charge >= 0.3 is 0 Å². The van der Waals surface area contributed by atoms with Crippen molar-refractivity contribution in [2.45, 2.75) is 73.6 Å². The number of nitrogens with two attached hydrogens (primary N) is 1. The molecule has 0 unspecified atom stereocenters. The average molecular weight is 351 g/mol. The molecule has 2 aromatic carbocycles. The maximum Gasteiger partial charge on any atom is 0.0692 e. The number of hydrogen-bond donors (Lipinski definition) is 1. The van der Waals surface area contributed by atoms with Crippen LogP contribution in [0.5, 0.6) is 0 Å². The first-order valence-electron chi connectivity index (χ1n) is 10.00. The zero-order valence-corrected chi connectivity index (χ0v) is 17.4. The monoisotopic (exact) mass is 350 g/mol. The first kappa shape index (κ1) is 20.2. The lowest BCUT2D eigenvalue weighted by molar-refractivity contribution is 1.04. The smallest absolute Gasteiger partial charge is 0.0692 e. The van der Waals surface area contributed by atoms with E-state index in [2.05, 4.69) is 65.8 Å². The van der Waals surface area contributed by atoms with Gasteiger partial charge in [0.25, 0.3) is 0 Å². The summed E-state index contributed by atoms with van der Waals surface area (Å²) in [6.07, 6.45) is 4.94. The minimum Gasteiger partial charge on any atom is -0.398 e. The van der Waals surface area contributed by atoms with Crippen LogP contribution >= 0.6 is 0 Å². The first-order chi connectivity index (χ1) is 12.4. The van der Waals surface area contributed by atoms with E-state index >= 15 is 0 Å². The summed E-state index contributed by atoms with van der Waals surface area (Å²) >= 11 is 0. The second-order valence-electron chi connectivity index (χ2n) is 7.24. The van der Waals surface area contributed by atoms with Crippen LogP contribution in [0, 0.1) is 0 Å². The van der Waals surface area contributed by atoms with E-state index in [-0.39, 0.29) is 0 Å². The lowest BCUT2D eigenvalue weighted by atomic mass is 9.93. The molecular weight excluding hydrogens is 316 g/mol. The van der Waals surface area contributed by atoms with Gasteiger partial charge in [0.15, 0.2) is 0 Å². The molecule has 2 aromatic rings. The quantitative estimate of drug-likeness (QED) is 0.467. The second kappa shape index (κ2) is 9.02. The maximum absolute atomic E-state index is 6.31. The Morgan fingerprint density at radius 1 is 0.731 bits per heavy atom. The molecule has 0 aliphatic rings. The van der Waals surface area contributed by atoms with Gasteiger partial charge in [-0.15, -0.1) is 0 Å². The fourth-order valence-electron chi connectivity index (χ4n) is 3.61. The molecule has 0 aromatic heterocycles. The normalized spacial score (nSPS) is 10.8. The van der Waals surface area contributed by atoms with Gasteiger partial charge in [0, 0.05) is 11.4 Å². The van der Waals surface area contributed by atoms with Crippen LogP contribution in [0.25, 0.3) is 0 Å². The standard InChI is InChI=1S/C24H34N2/c1-7-19-12-17(13-20(8-2)23(19)25)11-18-14-21(9-3)24(26-16(5)6)22(10-4)15-18/h12-15H,7-11,25H2,1-6H3. The largest absolute Gasteiger partial charge is 0.398 e. The molecule has 0 heterocycles. The summed E-state index contributed by atoms with van der Waals surface area (Å²) in [7, 11) is 0. The number of rotatable bonds is 7. The Balaban J connectivity index is 2.49. The lowest BCUT2D eigenvalue weighted by Crippen LogP contribution is -2.02. The van der Waals surface area contributed by atoms with Crippen LogP contribution in [0.2, 0.25) is 0 Å². The molecule has 0 saturated carbocycles. The van der Waals surface area contributed by atoms with Crippen LogP contribution in [-0.2, 0) is 32.1 Å². The maximum atomic E-state index is 6.31. The van der Waals surface area contributed by atoms with Crippen LogP contribution in [0.15, 0.2) is 29.3 Å². The summed E-state index contributed by atoms with van der Waals surface area (Å²) in [6, 6.07) is 9.25. The van der Waals surface area contributed by atoms with Crippen molar-refractivity contribution >= 4 is 17.1 Å². The van der Waals surface area contributed by atoms with Crippen LogP contribution in [0.1, 0.15) is 74.9 Å². The molecule has 0 radical (unpaired) electrons. The lowest BCUT2D eigenvalue weighted by Gasteiger charge is -2.15. The Labute approximate surface area is 159 Å². The highest BCUT2D eigenvalue weighted by Gasteiger charge is 2.11. The highest BCUT2D eigenvalue weighted by molar-refractivity contribution is 5.83. The van der Waals surface area contributed by atoms with Crippen molar-refractivity contribution in [3.05, 3.63) is 57.6 Å². The Hall–Kier alpha value is -2.09. The van der Waals surface area contributed by atoms with E-state index in [9.17, 15) is 0 Å². The van der Waals surface area contributed by atoms with Crippen LogP contribution in [0.4, 0.5) is 11.4 Å². The number of aryl methyl sites for hydroxylation is 4. The third-order valence-corrected chi connectivity index (χ3v) is 5.01. The van der Waals surface area contributed by atoms with Gasteiger partial charge in [-0.1, -0.05) is 52.0 Å². The molecule has 140 valence electrons. The minimum atomic E-state index is 0.954. The van der Waals surface area contributed by atoms with Gasteiger partial charge in [0.05, 0.1) is 5.69 Å². The molecule has 0 aliphatic heterocycles. The van der Waals surface area contributed by atoms with E-state index in [1.807, 2.05) is 0 Å². The van der Waals surface area contributed by atoms with Crippen LogP contribution < -0.4 is 5.73 Å². The minimum absolute atomic E-state index is 0.954. The fourth-order valence-corrected chi connectivity index (χ4v) is 3.61. The molecule has 0 amide bonds. The van der Waals surface area contributed by atoms with Crippen molar-refractivity contribution in [1.82, 2.24) is 0 Å². The van der Waals surface area contributed by atoms with Crippen molar-refractivity contribution in [3.8, 4) is 0 Å². The summed E-state index contributed by atoms with van der Waals surface area (Å²) in [4.78, 5) is 4.82. The van der Waals surface area contributed by atoms with Crippen molar-refractivity contribution in [2.24, 2.45) is 4.99 Å². The number of anilines is 1. The summed E-state index contributed by atoms with van der Waals surface area (Å²) in [5.74, 6) is 0. The van der Waals surface area contributed by atoms with Gasteiger partial charge in [0.2, 0.25) is 0 Å². The molecule has 26 heavy (non-hydrogen) atoms. The predicted molar refractivity (Wildman–Crippen MR) is 116 cm³/mol. The molecule has 0 aliphatic carbocycles. The van der Waals surface area contributed by atoms with Crippen molar-refractivity contribution in [3.63, 3.8) is 0 Å². The average Bonchev–Trinajstić information content (AvgIpc) is 2.63. The fraction of sp³-hybridized carbons (Fsp3) is 0.458. The number of hydrogen-bond acceptors (Lipinski definition) is 2. The summed E-state index contributed by atoms with van der Waals surface area (Å²) in [6.45, 7) is 12.9. The molecule has 0 fully saturated rings. The van der Waals surface area contributed by atoms with E-state index in [1.165, 1.54) is 39.1 Å². The SMILES string of the molecule is CCc1cc(Cc2cc(CC)c(N=C(C)C)c(CC)c2)cc(CC)c1N. The topological polar surface area (TPSA) is 38.4 Å². The summed E-state index contributed by atoms with van der Waals surface area (Å²) < 4.78 is 0. The summed E-state index contributed by atoms with van der Waals surface area (Å²) in [5.41, 5.74) is 17.6. The second-order valence-corrected chi connectivity index (χ2v) is 7.24. The third-order valence-electron chi connectivity index (χ3n) is 5.01. The summed E-state index contributed by atoms with van der Waals surface area (Å²) in [5, 5.41) is 0. The molecule has 2 nitrogen and oxygen atoms in total. The first-order valence-corrected chi connectivity index (χ1v) is 10.00. The van der Waals surface area contributed by atoms with E-state index in [0.717, 1.165) is 43.5 Å². The van der Waals surface area contributed by atoms with E-state index < -0.39 is 0 Å². The van der Waals surface area contributed by atoms with E-state index in [4.69, 9.17) is 10.7 Å². The highest BCUT2D eigenvalue weighted by Crippen LogP contribution is 2.30. The predicted octanol–water partition coefficient (Wildman–Crippen LogP) is 6.22. The third kappa shape index (κ3) is 4.55. The number of aliphatic imine (C=N–C) groups is 1. The van der Waals surface area contributed by atoms with Gasteiger partial charge in [-0.25, -0.2) is 0 Å². The van der Waals surface area contributed by atoms with Gasteiger partial charge < -0.3 is 5.73 Å². The highest BCUT2D eigenvalue weighted by atomic mass is 14.7. The van der Waals surface area contributed by atoms with Crippen molar-refractivity contribution in [2.75, 3.05) is 5.73 Å². The van der Waals surface area contributed by atoms with E-state index in [0.29, 0.717) is 0 Å². The molecule has 0 atom stereocenters. The zero-order chi connectivity index (χ0) is 19.3. The van der Waals surface area contributed by atoms with Crippen molar-refractivity contribution < 1.29 is 0 Å². The molecule has 2 rings (SSSR count). The van der Waals surface area contributed by atoms with Crippen LogP contribution in [-0.4, -0.2) is 5.71 Å². The van der Waals surface area contributed by atoms with Gasteiger partial charge in [-0.3, -0.25) is 4.99 Å². The molecule has 2 N–H and O–H groups in total. The number of nitrogen functional groups attached to an aromatic ring is 1. The number of benzene rings is 2. The van der Waals surface area contributed by atoms with Gasteiger partial charge in [0.1, 0.15) is 0 Å². The van der Waals surface area contributed by atoms with Crippen LogP contribution in [0.3, 0.4) is 0 Å². The van der Waals surface area contributed by atoms with Crippen molar-refractivity contribution in [1.29, 1.82) is 0 Å². The Kier molecular flexibility index (Phi) is 7.02. The molecule has 0 spiro atoms.